The average molecular weight is 446 g/mol. The molecule has 166 valence electrons. The molecule has 4 rings (SSSR count). The van der Waals surface area contributed by atoms with Gasteiger partial charge >= 0.3 is 0 Å². The zero-order valence-corrected chi connectivity index (χ0v) is 18.1. The van der Waals surface area contributed by atoms with Gasteiger partial charge in [-0.15, -0.1) is 0 Å². The summed E-state index contributed by atoms with van der Waals surface area (Å²) < 4.78 is 38.9. The van der Waals surface area contributed by atoms with Crippen LogP contribution in [0.4, 0.5) is 5.69 Å². The lowest BCUT2D eigenvalue weighted by molar-refractivity contribution is -0.129. The van der Waals surface area contributed by atoms with E-state index in [4.69, 9.17) is 9.47 Å². The Balaban J connectivity index is 1.27. The van der Waals surface area contributed by atoms with Gasteiger partial charge in [0.25, 0.3) is 0 Å². The summed E-state index contributed by atoms with van der Waals surface area (Å²) in [6, 6.07) is 14.6. The highest BCUT2D eigenvalue weighted by molar-refractivity contribution is 7.89. The van der Waals surface area contributed by atoms with Gasteiger partial charge in [0.05, 0.1) is 18.1 Å². The van der Waals surface area contributed by atoms with Gasteiger partial charge in [-0.05, 0) is 30.7 Å². The number of anilines is 1. The number of nitrogens with one attached hydrogen (secondary N) is 2. The van der Waals surface area contributed by atoms with Gasteiger partial charge in [-0.25, -0.2) is 13.1 Å². The molecule has 0 spiro atoms. The van der Waals surface area contributed by atoms with Crippen molar-refractivity contribution in [2.75, 3.05) is 38.2 Å². The predicted octanol–water partition coefficient (Wildman–Crippen LogP) is 2.23. The summed E-state index contributed by atoms with van der Waals surface area (Å²) in [4.78, 5) is 14.4. The molecule has 0 saturated carbocycles. The van der Waals surface area contributed by atoms with E-state index in [1.165, 1.54) is 12.1 Å². The predicted molar refractivity (Wildman–Crippen MR) is 117 cm³/mol. The highest BCUT2D eigenvalue weighted by Gasteiger charge is 2.26. The van der Waals surface area contributed by atoms with Crippen molar-refractivity contribution < 1.29 is 22.7 Å². The number of ether oxygens (including phenoxy) is 2. The van der Waals surface area contributed by atoms with E-state index in [-0.39, 0.29) is 29.8 Å². The molecule has 2 aromatic carbocycles. The number of carbonyl (C=O) groups excluding carboxylic acids is 1. The average Bonchev–Trinajstić information content (AvgIpc) is 3.10. The second kappa shape index (κ2) is 9.57. The van der Waals surface area contributed by atoms with E-state index in [2.05, 4.69) is 10.0 Å². The third-order valence-corrected chi connectivity index (χ3v) is 6.80. The number of hydrogen-bond acceptors (Lipinski definition) is 6. The van der Waals surface area contributed by atoms with Crippen LogP contribution in [0.3, 0.4) is 0 Å². The molecule has 0 bridgehead atoms. The maximum absolute atomic E-state index is 12.6. The summed E-state index contributed by atoms with van der Waals surface area (Å²) in [6.07, 6.45) is 1.72. The second-order valence-corrected chi connectivity index (χ2v) is 9.41. The molecule has 31 heavy (non-hydrogen) atoms. The molecule has 0 aromatic heterocycles. The minimum Gasteiger partial charge on any atom is -0.490 e. The Hall–Kier alpha value is -2.78. The summed E-state index contributed by atoms with van der Waals surface area (Å²) in [6.45, 7) is 2.34. The van der Waals surface area contributed by atoms with Crippen molar-refractivity contribution in [1.82, 2.24) is 9.62 Å². The molecule has 0 aliphatic carbocycles. The van der Waals surface area contributed by atoms with Crippen molar-refractivity contribution in [2.24, 2.45) is 0 Å². The van der Waals surface area contributed by atoms with Crippen LogP contribution >= 0.6 is 0 Å². The highest BCUT2D eigenvalue weighted by Crippen LogP contribution is 2.31. The molecule has 2 aliphatic rings. The van der Waals surface area contributed by atoms with Gasteiger partial charge in [-0.3, -0.25) is 4.79 Å². The number of sulfonamides is 1. The standard InChI is InChI=1S/C22H27N3O5S/c26-22(25-12-10-18(16-25)24-17-5-2-1-3-6-17)9-11-23-31(27,28)19-7-8-20-21(15-19)30-14-4-13-29-20/h1-3,5-8,15,18,23-24H,4,9-14,16H2. The van der Waals surface area contributed by atoms with Crippen molar-refractivity contribution in [1.29, 1.82) is 0 Å². The minimum atomic E-state index is -3.74. The van der Waals surface area contributed by atoms with Gasteiger partial charge in [0.2, 0.25) is 15.9 Å². The monoisotopic (exact) mass is 445 g/mol. The van der Waals surface area contributed by atoms with E-state index >= 15 is 0 Å². The van der Waals surface area contributed by atoms with Crippen LogP contribution in [0.1, 0.15) is 19.3 Å². The van der Waals surface area contributed by atoms with E-state index in [1.54, 1.807) is 11.0 Å². The summed E-state index contributed by atoms with van der Waals surface area (Å²) in [5.74, 6) is 0.906. The first-order valence-electron chi connectivity index (χ1n) is 10.5. The van der Waals surface area contributed by atoms with Crippen molar-refractivity contribution in [3.63, 3.8) is 0 Å². The number of fused-ring (bicyclic) bond motifs is 1. The van der Waals surface area contributed by atoms with Gasteiger partial charge in [0.15, 0.2) is 11.5 Å². The van der Waals surface area contributed by atoms with Gasteiger partial charge < -0.3 is 19.7 Å². The Morgan fingerprint density at radius 2 is 1.84 bits per heavy atom. The summed E-state index contributed by atoms with van der Waals surface area (Å²) in [5.41, 5.74) is 1.03. The Labute approximate surface area is 182 Å². The van der Waals surface area contributed by atoms with E-state index in [9.17, 15) is 13.2 Å². The maximum atomic E-state index is 12.6. The molecule has 9 heteroatoms. The molecule has 2 aromatic rings. The number of amides is 1. The number of rotatable bonds is 7. The Bertz CT molecular complexity index is 1010. The van der Waals surface area contributed by atoms with Crippen LogP contribution in [-0.2, 0) is 14.8 Å². The van der Waals surface area contributed by atoms with Crippen LogP contribution < -0.4 is 19.5 Å². The number of nitrogens with zero attached hydrogens (tertiary/aromatic N) is 1. The molecule has 1 amide bonds. The fraction of sp³-hybridized carbons (Fsp3) is 0.409. The van der Waals surface area contributed by atoms with Gasteiger partial charge in [0.1, 0.15) is 0 Å². The van der Waals surface area contributed by atoms with Crippen molar-refractivity contribution in [3.05, 3.63) is 48.5 Å². The zero-order chi connectivity index (χ0) is 21.7. The van der Waals surface area contributed by atoms with Gasteiger partial charge in [-0.2, -0.15) is 0 Å². The zero-order valence-electron chi connectivity index (χ0n) is 17.2. The minimum absolute atomic E-state index is 0.0445. The van der Waals surface area contributed by atoms with E-state index in [1.807, 2.05) is 30.3 Å². The first-order valence-corrected chi connectivity index (χ1v) is 12.0. The van der Waals surface area contributed by atoms with Crippen molar-refractivity contribution >= 4 is 21.6 Å². The fourth-order valence-electron chi connectivity index (χ4n) is 3.72. The second-order valence-electron chi connectivity index (χ2n) is 7.64. The fourth-order valence-corrected chi connectivity index (χ4v) is 4.77. The van der Waals surface area contributed by atoms with Crippen LogP contribution in [0.15, 0.2) is 53.4 Å². The van der Waals surface area contributed by atoms with E-state index in [0.29, 0.717) is 37.8 Å². The largest absolute Gasteiger partial charge is 0.490 e. The van der Waals surface area contributed by atoms with Gasteiger partial charge in [0, 0.05) is 50.3 Å². The molecular weight excluding hydrogens is 418 g/mol. The first kappa shape index (κ1) is 21.5. The number of hydrogen-bond donors (Lipinski definition) is 2. The molecule has 2 heterocycles. The molecule has 2 N–H and O–H groups in total. The lowest BCUT2D eigenvalue weighted by Crippen LogP contribution is -2.34. The number of carbonyl (C=O) groups is 1. The summed E-state index contributed by atoms with van der Waals surface area (Å²) >= 11 is 0. The Morgan fingerprint density at radius 3 is 2.65 bits per heavy atom. The van der Waals surface area contributed by atoms with Crippen LogP contribution in [0, 0.1) is 0 Å². The molecule has 1 fully saturated rings. The number of likely N-dealkylation sites (tertiary alicyclic amines) is 1. The third kappa shape index (κ3) is 5.48. The van der Waals surface area contributed by atoms with Crippen LogP contribution in [0.5, 0.6) is 11.5 Å². The van der Waals surface area contributed by atoms with Crippen LogP contribution in [0.2, 0.25) is 0 Å². The third-order valence-electron chi connectivity index (χ3n) is 5.35. The Kier molecular flexibility index (Phi) is 6.62. The molecule has 8 nitrogen and oxygen atoms in total. The quantitative estimate of drug-likeness (QED) is 0.679. The van der Waals surface area contributed by atoms with E-state index in [0.717, 1.165) is 18.5 Å². The highest BCUT2D eigenvalue weighted by atomic mass is 32.2. The van der Waals surface area contributed by atoms with Crippen molar-refractivity contribution in [3.8, 4) is 11.5 Å². The lowest BCUT2D eigenvalue weighted by Gasteiger charge is -2.18. The first-order chi connectivity index (χ1) is 15.0. The number of benzene rings is 2. The Morgan fingerprint density at radius 1 is 1.06 bits per heavy atom. The smallest absolute Gasteiger partial charge is 0.240 e. The molecule has 2 aliphatic heterocycles. The van der Waals surface area contributed by atoms with Crippen LogP contribution in [-0.4, -0.2) is 58.1 Å². The van der Waals surface area contributed by atoms with Crippen molar-refractivity contribution in [2.45, 2.75) is 30.2 Å². The molecule has 1 saturated heterocycles. The summed E-state index contributed by atoms with van der Waals surface area (Å²) in [7, 11) is -3.74. The van der Waals surface area contributed by atoms with E-state index < -0.39 is 10.0 Å². The van der Waals surface area contributed by atoms with Crippen LogP contribution in [0.25, 0.3) is 0 Å². The summed E-state index contributed by atoms with van der Waals surface area (Å²) in [5, 5.41) is 3.43. The SMILES string of the molecule is O=C(CCNS(=O)(=O)c1ccc2c(c1)OCCCO2)N1CCC(Nc2ccccc2)C1. The molecule has 0 radical (unpaired) electrons. The molecule has 1 atom stereocenters. The normalized spacial score (nSPS) is 18.5. The van der Waals surface area contributed by atoms with Gasteiger partial charge in [-0.1, -0.05) is 18.2 Å². The number of para-hydroxylation sites is 1. The molecule has 1 unspecified atom stereocenters. The maximum Gasteiger partial charge on any atom is 0.240 e. The lowest BCUT2D eigenvalue weighted by atomic mass is 10.2. The topological polar surface area (TPSA) is 97.0 Å². The molecular formula is C22H27N3O5S.